The van der Waals surface area contributed by atoms with Crippen molar-refractivity contribution in [2.24, 2.45) is 5.92 Å². The highest BCUT2D eigenvalue weighted by Gasteiger charge is 2.14. The Kier molecular flexibility index (Phi) is 4.70. The Morgan fingerprint density at radius 2 is 2.05 bits per heavy atom. The van der Waals surface area contributed by atoms with Crippen LogP contribution in [0, 0.1) is 5.92 Å². The van der Waals surface area contributed by atoms with Crippen molar-refractivity contribution in [1.29, 1.82) is 0 Å². The molecule has 1 aromatic rings. The van der Waals surface area contributed by atoms with E-state index in [9.17, 15) is 4.79 Å². The van der Waals surface area contributed by atoms with Crippen LogP contribution in [-0.2, 0) is 4.79 Å². The number of benzene rings is 1. The first-order valence-electron chi connectivity index (χ1n) is 6.90. The molecule has 0 unspecified atom stereocenters. The van der Waals surface area contributed by atoms with Crippen molar-refractivity contribution in [3.63, 3.8) is 0 Å². The van der Waals surface area contributed by atoms with E-state index in [0.717, 1.165) is 24.5 Å². The summed E-state index contributed by atoms with van der Waals surface area (Å²) in [4.78, 5) is 14.2. The Morgan fingerprint density at radius 1 is 1.37 bits per heavy atom. The predicted molar refractivity (Wildman–Crippen MR) is 81.0 cm³/mol. The van der Waals surface area contributed by atoms with Crippen LogP contribution in [0.4, 0.5) is 11.4 Å². The van der Waals surface area contributed by atoms with Crippen molar-refractivity contribution >= 4 is 28.9 Å². The molecule has 4 heteroatoms. The fraction of sp³-hybridized carbons (Fsp3) is 0.533. The number of halogens is 1. The number of rotatable bonds is 4. The molecule has 0 atom stereocenters. The van der Waals surface area contributed by atoms with Gasteiger partial charge in [-0.15, -0.1) is 0 Å². The number of carbonyl (C=O) groups excluding carboxylic acids is 1. The lowest BCUT2D eigenvalue weighted by Crippen LogP contribution is -2.18. The minimum atomic E-state index is 0.0236. The van der Waals surface area contributed by atoms with Crippen molar-refractivity contribution in [2.75, 3.05) is 23.3 Å². The maximum Gasteiger partial charge on any atom is 0.224 e. The summed E-state index contributed by atoms with van der Waals surface area (Å²) in [7, 11) is 0. The molecule has 1 saturated heterocycles. The predicted octanol–water partition coefficient (Wildman–Crippen LogP) is 3.92. The van der Waals surface area contributed by atoms with E-state index < -0.39 is 0 Å². The van der Waals surface area contributed by atoms with E-state index in [0.29, 0.717) is 17.4 Å². The standard InChI is InChI=1S/C15H21ClN2O/c1-11(2)9-15(19)17-14-10-12(5-6-13(14)16)18-7-3-4-8-18/h5-6,10-11H,3-4,7-9H2,1-2H3,(H,17,19). The van der Waals surface area contributed by atoms with Gasteiger partial charge in [0.15, 0.2) is 0 Å². The van der Waals surface area contributed by atoms with Crippen LogP contribution in [-0.4, -0.2) is 19.0 Å². The van der Waals surface area contributed by atoms with Gasteiger partial charge in [-0.1, -0.05) is 25.4 Å². The highest BCUT2D eigenvalue weighted by atomic mass is 35.5. The van der Waals surface area contributed by atoms with Crippen LogP contribution in [0.2, 0.25) is 5.02 Å². The first kappa shape index (κ1) is 14.2. The quantitative estimate of drug-likeness (QED) is 0.906. The second-order valence-electron chi connectivity index (χ2n) is 5.50. The SMILES string of the molecule is CC(C)CC(=O)Nc1cc(N2CCCC2)ccc1Cl. The van der Waals surface area contributed by atoms with Gasteiger partial charge in [-0.2, -0.15) is 0 Å². The monoisotopic (exact) mass is 280 g/mol. The van der Waals surface area contributed by atoms with Crippen LogP contribution in [0.5, 0.6) is 0 Å². The third-order valence-electron chi connectivity index (χ3n) is 3.29. The first-order valence-corrected chi connectivity index (χ1v) is 7.28. The molecule has 3 nitrogen and oxygen atoms in total. The summed E-state index contributed by atoms with van der Waals surface area (Å²) in [5.41, 5.74) is 1.86. The van der Waals surface area contributed by atoms with E-state index in [-0.39, 0.29) is 5.91 Å². The van der Waals surface area contributed by atoms with Gasteiger partial charge in [0.25, 0.3) is 0 Å². The molecule has 19 heavy (non-hydrogen) atoms. The number of carbonyl (C=O) groups is 1. The third-order valence-corrected chi connectivity index (χ3v) is 3.62. The van der Waals surface area contributed by atoms with Gasteiger partial charge in [0, 0.05) is 25.2 Å². The highest BCUT2D eigenvalue weighted by Crippen LogP contribution is 2.29. The Balaban J connectivity index is 2.10. The Hall–Kier alpha value is -1.22. The number of amides is 1. The minimum Gasteiger partial charge on any atom is -0.371 e. The molecule has 1 aliphatic heterocycles. The molecule has 2 rings (SSSR count). The summed E-state index contributed by atoms with van der Waals surface area (Å²) in [6.07, 6.45) is 2.99. The molecule has 0 aromatic heterocycles. The van der Waals surface area contributed by atoms with Crippen LogP contribution in [0.3, 0.4) is 0 Å². The first-order chi connectivity index (χ1) is 9.06. The van der Waals surface area contributed by atoms with Crippen LogP contribution < -0.4 is 10.2 Å². The fourth-order valence-corrected chi connectivity index (χ4v) is 2.52. The van der Waals surface area contributed by atoms with Crippen molar-refractivity contribution in [3.8, 4) is 0 Å². The maximum atomic E-state index is 11.8. The van der Waals surface area contributed by atoms with E-state index in [1.54, 1.807) is 0 Å². The molecule has 0 saturated carbocycles. The van der Waals surface area contributed by atoms with Crippen LogP contribution in [0.25, 0.3) is 0 Å². The summed E-state index contributed by atoms with van der Waals surface area (Å²) in [5.74, 6) is 0.371. The van der Waals surface area contributed by atoms with E-state index in [1.165, 1.54) is 12.8 Å². The van der Waals surface area contributed by atoms with Gasteiger partial charge in [0.05, 0.1) is 10.7 Å². The zero-order chi connectivity index (χ0) is 13.8. The number of hydrogen-bond donors (Lipinski definition) is 1. The molecular formula is C15H21ClN2O. The molecule has 0 aliphatic carbocycles. The average molecular weight is 281 g/mol. The summed E-state index contributed by atoms with van der Waals surface area (Å²) in [6.45, 7) is 6.23. The highest BCUT2D eigenvalue weighted by molar-refractivity contribution is 6.33. The van der Waals surface area contributed by atoms with Gasteiger partial charge in [-0.25, -0.2) is 0 Å². The number of hydrogen-bond acceptors (Lipinski definition) is 2. The van der Waals surface area contributed by atoms with Gasteiger partial charge in [0.2, 0.25) is 5.91 Å². The zero-order valence-electron chi connectivity index (χ0n) is 11.6. The van der Waals surface area contributed by atoms with E-state index in [4.69, 9.17) is 11.6 Å². The van der Waals surface area contributed by atoms with Gasteiger partial charge in [-0.3, -0.25) is 4.79 Å². The lowest BCUT2D eigenvalue weighted by molar-refractivity contribution is -0.116. The number of anilines is 2. The zero-order valence-corrected chi connectivity index (χ0v) is 12.3. The molecule has 104 valence electrons. The van der Waals surface area contributed by atoms with Crippen molar-refractivity contribution in [1.82, 2.24) is 0 Å². The smallest absolute Gasteiger partial charge is 0.224 e. The van der Waals surface area contributed by atoms with Gasteiger partial charge in [-0.05, 0) is 37.0 Å². The van der Waals surface area contributed by atoms with Crippen molar-refractivity contribution in [3.05, 3.63) is 23.2 Å². The maximum absolute atomic E-state index is 11.8. The Bertz CT molecular complexity index is 453. The molecule has 0 spiro atoms. The Labute approximate surface area is 119 Å². The molecule has 1 aliphatic rings. The van der Waals surface area contributed by atoms with E-state index in [2.05, 4.69) is 10.2 Å². The molecule has 1 N–H and O–H groups in total. The summed E-state index contributed by atoms with van der Waals surface area (Å²) < 4.78 is 0. The lowest BCUT2D eigenvalue weighted by Gasteiger charge is -2.19. The lowest BCUT2D eigenvalue weighted by atomic mass is 10.1. The number of nitrogens with one attached hydrogen (secondary N) is 1. The van der Waals surface area contributed by atoms with Crippen molar-refractivity contribution in [2.45, 2.75) is 33.1 Å². The van der Waals surface area contributed by atoms with E-state index in [1.807, 2.05) is 32.0 Å². The summed E-state index contributed by atoms with van der Waals surface area (Å²) in [6, 6.07) is 5.86. The third kappa shape index (κ3) is 3.87. The van der Waals surface area contributed by atoms with Crippen LogP contribution >= 0.6 is 11.6 Å². The average Bonchev–Trinajstić information content (AvgIpc) is 2.84. The summed E-state index contributed by atoms with van der Waals surface area (Å²) >= 11 is 6.15. The molecule has 1 fully saturated rings. The second kappa shape index (κ2) is 6.29. The van der Waals surface area contributed by atoms with Crippen LogP contribution in [0.1, 0.15) is 33.1 Å². The number of nitrogens with zero attached hydrogens (tertiary/aromatic N) is 1. The molecule has 1 heterocycles. The molecule has 0 bridgehead atoms. The van der Waals surface area contributed by atoms with Gasteiger partial charge < -0.3 is 10.2 Å². The normalized spacial score (nSPS) is 15.1. The van der Waals surface area contributed by atoms with Gasteiger partial charge >= 0.3 is 0 Å². The fourth-order valence-electron chi connectivity index (χ4n) is 2.35. The largest absolute Gasteiger partial charge is 0.371 e. The molecule has 0 radical (unpaired) electrons. The van der Waals surface area contributed by atoms with Crippen molar-refractivity contribution < 1.29 is 4.79 Å². The van der Waals surface area contributed by atoms with E-state index >= 15 is 0 Å². The molecule has 1 aromatic carbocycles. The topological polar surface area (TPSA) is 32.3 Å². The minimum absolute atomic E-state index is 0.0236. The molecular weight excluding hydrogens is 260 g/mol. The van der Waals surface area contributed by atoms with Crippen LogP contribution in [0.15, 0.2) is 18.2 Å². The molecule has 1 amide bonds. The second-order valence-corrected chi connectivity index (χ2v) is 5.91. The summed E-state index contributed by atoms with van der Waals surface area (Å²) in [5, 5.41) is 3.51. The Morgan fingerprint density at radius 3 is 2.68 bits per heavy atom. The van der Waals surface area contributed by atoms with Gasteiger partial charge in [0.1, 0.15) is 0 Å².